The number of benzene rings is 2. The van der Waals surface area contributed by atoms with Gasteiger partial charge in [0, 0.05) is 6.54 Å². The van der Waals surface area contributed by atoms with E-state index in [-0.39, 0.29) is 19.1 Å². The molecule has 6 nitrogen and oxygen atoms in total. The van der Waals surface area contributed by atoms with Crippen LogP contribution in [-0.4, -0.2) is 34.3 Å². The molecule has 7 heteroatoms. The number of rotatable bonds is 8. The van der Waals surface area contributed by atoms with Crippen molar-refractivity contribution in [3.05, 3.63) is 65.5 Å². The van der Waals surface area contributed by atoms with Gasteiger partial charge in [0.25, 0.3) is 5.91 Å². The van der Waals surface area contributed by atoms with E-state index in [2.05, 4.69) is 10.3 Å². The second-order valence-electron chi connectivity index (χ2n) is 6.40. The highest BCUT2D eigenvalue weighted by Gasteiger charge is 2.15. The fourth-order valence-electron chi connectivity index (χ4n) is 2.92. The van der Waals surface area contributed by atoms with E-state index in [0.717, 1.165) is 28.0 Å². The number of ether oxygens (including phenoxy) is 1. The first-order chi connectivity index (χ1) is 13.6. The van der Waals surface area contributed by atoms with Crippen molar-refractivity contribution >= 4 is 34.7 Å². The number of aryl methyl sites for hydroxylation is 1. The largest absolute Gasteiger partial charge is 0.454 e. The second kappa shape index (κ2) is 9.41. The van der Waals surface area contributed by atoms with Gasteiger partial charge in [0.05, 0.1) is 16.8 Å². The van der Waals surface area contributed by atoms with E-state index in [1.165, 1.54) is 0 Å². The fraction of sp³-hybridized carbons (Fsp3) is 0.286. The smallest absolute Gasteiger partial charge is 0.326 e. The lowest BCUT2D eigenvalue weighted by atomic mass is 10.1. The molecule has 0 radical (unpaired) electrons. The SMILES string of the molecule is CSCc1nc2ccccc2n1CC(=O)OCC(=O)NCc1ccccc1C. The van der Waals surface area contributed by atoms with Crippen molar-refractivity contribution in [2.24, 2.45) is 0 Å². The van der Waals surface area contributed by atoms with Crippen LogP contribution in [0.4, 0.5) is 0 Å². The van der Waals surface area contributed by atoms with Crippen LogP contribution in [0.25, 0.3) is 11.0 Å². The van der Waals surface area contributed by atoms with Crippen molar-refractivity contribution in [2.45, 2.75) is 25.8 Å². The molecule has 0 aliphatic rings. The molecule has 0 spiro atoms. The summed E-state index contributed by atoms with van der Waals surface area (Å²) in [6, 6.07) is 15.5. The number of amides is 1. The first-order valence-electron chi connectivity index (χ1n) is 8.98. The molecule has 3 rings (SSSR count). The van der Waals surface area contributed by atoms with Gasteiger partial charge in [-0.1, -0.05) is 36.4 Å². The molecule has 2 aromatic carbocycles. The number of thioether (sulfide) groups is 1. The van der Waals surface area contributed by atoms with Crippen LogP contribution in [0, 0.1) is 6.92 Å². The molecule has 1 aromatic heterocycles. The normalized spacial score (nSPS) is 10.8. The van der Waals surface area contributed by atoms with Gasteiger partial charge in [-0.15, -0.1) is 0 Å². The summed E-state index contributed by atoms with van der Waals surface area (Å²) in [5.41, 5.74) is 3.87. The summed E-state index contributed by atoms with van der Waals surface area (Å²) in [4.78, 5) is 28.9. The molecule has 0 aliphatic heterocycles. The minimum Gasteiger partial charge on any atom is -0.454 e. The van der Waals surface area contributed by atoms with E-state index in [4.69, 9.17) is 4.74 Å². The zero-order valence-corrected chi connectivity index (χ0v) is 16.8. The number of nitrogens with one attached hydrogen (secondary N) is 1. The van der Waals surface area contributed by atoms with Gasteiger partial charge in [-0.25, -0.2) is 4.98 Å². The maximum atomic E-state index is 12.3. The van der Waals surface area contributed by atoms with Gasteiger partial charge in [-0.05, 0) is 36.4 Å². The first kappa shape index (κ1) is 19.9. The van der Waals surface area contributed by atoms with Gasteiger partial charge >= 0.3 is 5.97 Å². The predicted molar refractivity (Wildman–Crippen MR) is 111 cm³/mol. The lowest BCUT2D eigenvalue weighted by molar-refractivity contribution is -0.149. The van der Waals surface area contributed by atoms with Crippen LogP contribution < -0.4 is 5.32 Å². The van der Waals surface area contributed by atoms with Crippen molar-refractivity contribution < 1.29 is 14.3 Å². The van der Waals surface area contributed by atoms with Crippen LogP contribution in [-0.2, 0) is 33.2 Å². The van der Waals surface area contributed by atoms with Gasteiger partial charge in [-0.2, -0.15) is 11.8 Å². The topological polar surface area (TPSA) is 73.2 Å². The van der Waals surface area contributed by atoms with Crippen molar-refractivity contribution in [3.63, 3.8) is 0 Å². The fourth-order valence-corrected chi connectivity index (χ4v) is 3.39. The average molecular weight is 398 g/mol. The Morgan fingerprint density at radius 3 is 2.68 bits per heavy atom. The molecular formula is C21H23N3O3S. The Hall–Kier alpha value is -2.80. The van der Waals surface area contributed by atoms with E-state index in [0.29, 0.717) is 12.3 Å². The first-order valence-corrected chi connectivity index (χ1v) is 10.4. The minimum atomic E-state index is -0.462. The number of esters is 1. The van der Waals surface area contributed by atoms with Crippen LogP contribution in [0.2, 0.25) is 0 Å². The highest BCUT2D eigenvalue weighted by atomic mass is 32.2. The molecule has 146 valence electrons. The predicted octanol–water partition coefficient (Wildman–Crippen LogP) is 3.07. The van der Waals surface area contributed by atoms with E-state index in [9.17, 15) is 9.59 Å². The van der Waals surface area contributed by atoms with Crippen molar-refractivity contribution in [1.82, 2.24) is 14.9 Å². The molecule has 0 saturated heterocycles. The number of hydrogen-bond donors (Lipinski definition) is 1. The van der Waals surface area contributed by atoms with Gasteiger partial charge in [0.15, 0.2) is 6.61 Å². The third-order valence-electron chi connectivity index (χ3n) is 4.40. The lowest BCUT2D eigenvalue weighted by Crippen LogP contribution is -2.29. The summed E-state index contributed by atoms with van der Waals surface area (Å²) in [7, 11) is 0. The van der Waals surface area contributed by atoms with E-state index < -0.39 is 5.97 Å². The molecule has 1 amide bonds. The Bertz CT molecular complexity index is 984. The number of nitrogens with zero attached hydrogens (tertiary/aromatic N) is 2. The molecule has 0 bridgehead atoms. The maximum absolute atomic E-state index is 12.3. The highest BCUT2D eigenvalue weighted by molar-refractivity contribution is 7.97. The molecule has 0 atom stereocenters. The Labute approximate surface area is 168 Å². The number of aromatic nitrogens is 2. The maximum Gasteiger partial charge on any atom is 0.326 e. The standard InChI is InChI=1S/C21H23N3O3S/c1-15-7-3-4-8-16(15)11-22-20(25)13-27-21(26)12-24-18-10-6-5-9-17(18)23-19(24)14-28-2/h3-10H,11-14H2,1-2H3,(H,22,25). The van der Waals surface area contributed by atoms with Crippen LogP contribution >= 0.6 is 11.8 Å². The van der Waals surface area contributed by atoms with Gasteiger partial charge in [0.1, 0.15) is 12.4 Å². The van der Waals surface area contributed by atoms with Crippen LogP contribution in [0.1, 0.15) is 17.0 Å². The van der Waals surface area contributed by atoms with E-state index in [1.807, 2.05) is 66.3 Å². The van der Waals surface area contributed by atoms with Crippen LogP contribution in [0.15, 0.2) is 48.5 Å². The summed E-state index contributed by atoms with van der Waals surface area (Å²) in [5.74, 6) is 0.724. The van der Waals surface area contributed by atoms with Gasteiger partial charge in [-0.3, -0.25) is 9.59 Å². The Morgan fingerprint density at radius 1 is 1.14 bits per heavy atom. The van der Waals surface area contributed by atoms with Crippen molar-refractivity contribution in [1.29, 1.82) is 0 Å². The number of hydrogen-bond acceptors (Lipinski definition) is 5. The third kappa shape index (κ3) is 4.92. The summed E-state index contributed by atoms with van der Waals surface area (Å²) in [5, 5.41) is 2.78. The monoisotopic (exact) mass is 397 g/mol. The van der Waals surface area contributed by atoms with Crippen molar-refractivity contribution in [3.8, 4) is 0 Å². The Balaban J connectivity index is 1.56. The molecule has 1 heterocycles. The Morgan fingerprint density at radius 2 is 1.89 bits per heavy atom. The number of para-hydroxylation sites is 2. The molecule has 0 fully saturated rings. The molecule has 28 heavy (non-hydrogen) atoms. The molecular weight excluding hydrogens is 374 g/mol. The quantitative estimate of drug-likeness (QED) is 0.592. The summed E-state index contributed by atoms with van der Waals surface area (Å²) in [6.07, 6.45) is 1.99. The minimum absolute atomic E-state index is 0.0292. The molecule has 0 unspecified atom stereocenters. The number of carbonyl (C=O) groups excluding carboxylic acids is 2. The zero-order chi connectivity index (χ0) is 19.9. The molecule has 3 aromatic rings. The van der Waals surface area contributed by atoms with Crippen LogP contribution in [0.3, 0.4) is 0 Å². The highest BCUT2D eigenvalue weighted by Crippen LogP contribution is 2.19. The third-order valence-corrected chi connectivity index (χ3v) is 4.94. The number of fused-ring (bicyclic) bond motifs is 1. The van der Waals surface area contributed by atoms with E-state index >= 15 is 0 Å². The lowest BCUT2D eigenvalue weighted by Gasteiger charge is -2.10. The molecule has 0 saturated carbocycles. The van der Waals surface area contributed by atoms with E-state index in [1.54, 1.807) is 11.8 Å². The molecule has 1 N–H and O–H groups in total. The van der Waals surface area contributed by atoms with Crippen molar-refractivity contribution in [2.75, 3.05) is 12.9 Å². The van der Waals surface area contributed by atoms with Gasteiger partial charge < -0.3 is 14.6 Å². The summed E-state index contributed by atoms with van der Waals surface area (Å²) >= 11 is 1.64. The summed E-state index contributed by atoms with van der Waals surface area (Å²) in [6.45, 7) is 2.13. The van der Waals surface area contributed by atoms with Gasteiger partial charge in [0.2, 0.25) is 0 Å². The Kier molecular flexibility index (Phi) is 6.71. The number of carbonyl (C=O) groups is 2. The average Bonchev–Trinajstić information content (AvgIpc) is 3.03. The molecule has 0 aliphatic carbocycles. The zero-order valence-electron chi connectivity index (χ0n) is 16.0. The number of imidazole rings is 1. The second-order valence-corrected chi connectivity index (χ2v) is 7.27. The van der Waals surface area contributed by atoms with Crippen LogP contribution in [0.5, 0.6) is 0 Å². The summed E-state index contributed by atoms with van der Waals surface area (Å²) < 4.78 is 7.02.